The van der Waals surface area contributed by atoms with Gasteiger partial charge in [0.05, 0.1) is 0 Å². The first-order chi connectivity index (χ1) is 5.45. The molecule has 0 spiro atoms. The highest BCUT2D eigenvalue weighted by Gasteiger charge is 2.10. The molecule has 11 heavy (non-hydrogen) atoms. The van der Waals surface area contributed by atoms with Crippen LogP contribution in [0.15, 0.2) is 30.5 Å². The summed E-state index contributed by atoms with van der Waals surface area (Å²) >= 11 is 0. The van der Waals surface area contributed by atoms with E-state index in [9.17, 15) is 0 Å². The third kappa shape index (κ3) is 1.53. The van der Waals surface area contributed by atoms with Crippen molar-refractivity contribution in [2.45, 2.75) is 19.3 Å². The maximum atomic E-state index is 3.24. The van der Waals surface area contributed by atoms with E-state index in [2.05, 4.69) is 29.3 Å². The third-order valence-electron chi connectivity index (χ3n) is 2.28. The summed E-state index contributed by atoms with van der Waals surface area (Å²) < 4.78 is 0. The van der Waals surface area contributed by atoms with Crippen molar-refractivity contribution in [1.82, 2.24) is 4.98 Å². The summed E-state index contributed by atoms with van der Waals surface area (Å²) in [5, 5.41) is 0. The van der Waals surface area contributed by atoms with Gasteiger partial charge < -0.3 is 4.98 Å². The fourth-order valence-corrected chi connectivity index (χ4v) is 1.65. The van der Waals surface area contributed by atoms with Crippen LogP contribution in [0.2, 0.25) is 0 Å². The quantitative estimate of drug-likeness (QED) is 0.619. The number of nitrogens with one attached hydrogen (secondary N) is 1. The molecule has 0 saturated heterocycles. The molecular formula is C10H13N. The van der Waals surface area contributed by atoms with Crippen molar-refractivity contribution in [2.75, 3.05) is 0 Å². The summed E-state index contributed by atoms with van der Waals surface area (Å²) in [7, 11) is 0. The Labute approximate surface area is 67.1 Å². The molecule has 58 valence electrons. The molecule has 0 saturated carbocycles. The lowest BCUT2D eigenvalue weighted by Crippen LogP contribution is -1.98. The topological polar surface area (TPSA) is 15.8 Å². The lowest BCUT2D eigenvalue weighted by atomic mass is 10.0. The van der Waals surface area contributed by atoms with Crippen LogP contribution in [-0.4, -0.2) is 4.98 Å². The zero-order valence-corrected chi connectivity index (χ0v) is 6.59. The molecule has 1 aromatic heterocycles. The lowest BCUT2D eigenvalue weighted by Gasteiger charge is -2.05. The molecule has 2 rings (SSSR count). The van der Waals surface area contributed by atoms with Gasteiger partial charge in [0.15, 0.2) is 0 Å². The summed E-state index contributed by atoms with van der Waals surface area (Å²) in [4.78, 5) is 3.24. The van der Waals surface area contributed by atoms with Crippen LogP contribution in [0.3, 0.4) is 0 Å². The monoisotopic (exact) mass is 147 g/mol. The minimum absolute atomic E-state index is 0.855. The van der Waals surface area contributed by atoms with E-state index in [0.717, 1.165) is 5.92 Å². The summed E-state index contributed by atoms with van der Waals surface area (Å²) in [6.07, 6.45) is 10.3. The van der Waals surface area contributed by atoms with Crippen molar-refractivity contribution in [1.29, 1.82) is 0 Å². The highest BCUT2D eigenvalue weighted by Crippen LogP contribution is 2.21. The van der Waals surface area contributed by atoms with Gasteiger partial charge in [-0.2, -0.15) is 0 Å². The van der Waals surface area contributed by atoms with E-state index in [0.29, 0.717) is 0 Å². The second-order valence-electron chi connectivity index (χ2n) is 3.21. The number of allylic oxidation sites excluding steroid dienone is 2. The smallest absolute Gasteiger partial charge is 0.0150 e. The molecule has 1 heteroatoms. The Hall–Kier alpha value is -0.980. The lowest BCUT2D eigenvalue weighted by molar-refractivity contribution is 0.561. The number of aromatic nitrogens is 1. The van der Waals surface area contributed by atoms with Crippen LogP contribution < -0.4 is 0 Å². The van der Waals surface area contributed by atoms with Crippen LogP contribution in [0.4, 0.5) is 0 Å². The van der Waals surface area contributed by atoms with E-state index in [1.54, 1.807) is 0 Å². The molecule has 0 amide bonds. The normalized spacial score (nSPS) is 17.8. The maximum Gasteiger partial charge on any atom is 0.0150 e. The Bertz CT molecular complexity index is 225. The van der Waals surface area contributed by atoms with E-state index in [1.807, 2.05) is 6.20 Å². The number of aromatic amines is 1. The molecule has 1 aliphatic carbocycles. The van der Waals surface area contributed by atoms with Gasteiger partial charge in [0.1, 0.15) is 0 Å². The molecular weight excluding hydrogens is 134 g/mol. The largest absolute Gasteiger partial charge is 0.365 e. The summed E-state index contributed by atoms with van der Waals surface area (Å²) in [5.41, 5.74) is 1.37. The number of hydrogen-bond acceptors (Lipinski definition) is 0. The highest BCUT2D eigenvalue weighted by atomic mass is 14.7. The van der Waals surface area contributed by atoms with Gasteiger partial charge in [0.25, 0.3) is 0 Å². The minimum Gasteiger partial charge on any atom is -0.365 e. The fourth-order valence-electron chi connectivity index (χ4n) is 1.65. The zero-order chi connectivity index (χ0) is 7.52. The second kappa shape index (κ2) is 2.95. The third-order valence-corrected chi connectivity index (χ3v) is 2.28. The molecule has 0 radical (unpaired) electrons. The van der Waals surface area contributed by atoms with Gasteiger partial charge in [-0.15, -0.1) is 0 Å². The van der Waals surface area contributed by atoms with E-state index < -0.39 is 0 Å². The first-order valence-corrected chi connectivity index (χ1v) is 4.22. The molecule has 0 aromatic carbocycles. The van der Waals surface area contributed by atoms with Crippen molar-refractivity contribution in [3.8, 4) is 0 Å². The van der Waals surface area contributed by atoms with Gasteiger partial charge in [0, 0.05) is 11.9 Å². The Morgan fingerprint density at radius 3 is 2.82 bits per heavy atom. The van der Waals surface area contributed by atoms with E-state index in [1.165, 1.54) is 25.0 Å². The van der Waals surface area contributed by atoms with Crippen LogP contribution in [0.25, 0.3) is 0 Å². The summed E-state index contributed by atoms with van der Waals surface area (Å²) in [5.74, 6) is 0.855. The maximum absolute atomic E-state index is 3.24. The zero-order valence-electron chi connectivity index (χ0n) is 6.59. The summed E-state index contributed by atoms with van der Waals surface area (Å²) in [6.45, 7) is 0. The van der Waals surface area contributed by atoms with E-state index in [-0.39, 0.29) is 0 Å². The highest BCUT2D eigenvalue weighted by molar-refractivity contribution is 5.07. The average molecular weight is 147 g/mol. The van der Waals surface area contributed by atoms with Gasteiger partial charge in [0.2, 0.25) is 0 Å². The number of rotatable bonds is 2. The molecule has 0 fully saturated rings. The van der Waals surface area contributed by atoms with Crippen molar-refractivity contribution in [2.24, 2.45) is 5.92 Å². The Morgan fingerprint density at radius 2 is 2.18 bits per heavy atom. The second-order valence-corrected chi connectivity index (χ2v) is 3.21. The van der Waals surface area contributed by atoms with Gasteiger partial charge in [-0.3, -0.25) is 0 Å². The predicted octanol–water partition coefficient (Wildman–Crippen LogP) is 2.52. The van der Waals surface area contributed by atoms with Gasteiger partial charge >= 0.3 is 0 Å². The fraction of sp³-hybridized carbons (Fsp3) is 0.400. The predicted molar refractivity (Wildman–Crippen MR) is 46.4 cm³/mol. The van der Waals surface area contributed by atoms with E-state index >= 15 is 0 Å². The van der Waals surface area contributed by atoms with Crippen molar-refractivity contribution >= 4 is 0 Å². The number of hydrogen-bond donors (Lipinski definition) is 1. The average Bonchev–Trinajstić information content (AvgIpc) is 2.60. The Balaban J connectivity index is 1.91. The molecule has 0 unspecified atom stereocenters. The van der Waals surface area contributed by atoms with Crippen LogP contribution in [-0.2, 0) is 6.42 Å². The van der Waals surface area contributed by atoms with Crippen LogP contribution in [0, 0.1) is 5.92 Å². The standard InChI is InChI=1S/C10H13N/c1-2-5-9(4-1)8-10-6-3-7-11-10/h1-3,6-7,9,11H,4-5,8H2. The summed E-state index contributed by atoms with van der Waals surface area (Å²) in [6, 6.07) is 4.23. The molecule has 1 N–H and O–H groups in total. The van der Waals surface area contributed by atoms with Gasteiger partial charge in [-0.1, -0.05) is 12.2 Å². The first-order valence-electron chi connectivity index (χ1n) is 4.22. The van der Waals surface area contributed by atoms with Crippen molar-refractivity contribution < 1.29 is 0 Å². The molecule has 0 aliphatic heterocycles. The first kappa shape index (κ1) is 6.71. The van der Waals surface area contributed by atoms with Gasteiger partial charge in [-0.25, -0.2) is 0 Å². The van der Waals surface area contributed by atoms with E-state index in [4.69, 9.17) is 0 Å². The molecule has 0 bridgehead atoms. The van der Waals surface area contributed by atoms with Crippen molar-refractivity contribution in [3.63, 3.8) is 0 Å². The SMILES string of the molecule is C1=CCC(Cc2ccc[nH]2)C1. The van der Waals surface area contributed by atoms with Crippen LogP contribution in [0.1, 0.15) is 18.5 Å². The molecule has 1 aromatic rings. The Kier molecular flexibility index (Phi) is 1.80. The van der Waals surface area contributed by atoms with Gasteiger partial charge in [-0.05, 0) is 37.3 Å². The molecule has 1 nitrogen and oxygen atoms in total. The molecule has 0 atom stereocenters. The Morgan fingerprint density at radius 1 is 1.36 bits per heavy atom. The molecule has 1 aliphatic rings. The van der Waals surface area contributed by atoms with Crippen molar-refractivity contribution in [3.05, 3.63) is 36.2 Å². The van der Waals surface area contributed by atoms with Crippen LogP contribution in [0.5, 0.6) is 0 Å². The molecule has 1 heterocycles. The number of H-pyrrole nitrogens is 1. The van der Waals surface area contributed by atoms with Crippen LogP contribution >= 0.6 is 0 Å². The minimum atomic E-state index is 0.855.